The van der Waals surface area contributed by atoms with Gasteiger partial charge in [0.1, 0.15) is 0 Å². The molecule has 0 bridgehead atoms. The number of thiophene rings is 2. The van der Waals surface area contributed by atoms with Crippen LogP contribution < -0.4 is 0 Å². The average molecular weight is 416 g/mol. The Hall–Kier alpha value is -2.03. The molecule has 146 valence electrons. The molecule has 2 aromatic heterocycles. The molecule has 4 amide bonds. The summed E-state index contributed by atoms with van der Waals surface area (Å²) in [6.07, 6.45) is 3.89. The van der Waals surface area contributed by atoms with Crippen molar-refractivity contribution < 1.29 is 14.4 Å². The number of amides is 4. The first-order valence-electron chi connectivity index (χ1n) is 9.63. The summed E-state index contributed by atoms with van der Waals surface area (Å²) in [7, 11) is 0. The number of fused-ring (bicyclic) bond motifs is 1. The Bertz CT molecular complexity index is 919. The molecule has 28 heavy (non-hydrogen) atoms. The number of carbonyl (C=O) groups is 3. The van der Waals surface area contributed by atoms with Gasteiger partial charge in [-0.1, -0.05) is 6.07 Å². The lowest BCUT2D eigenvalue weighted by Gasteiger charge is -2.37. The Kier molecular flexibility index (Phi) is 4.57. The molecule has 1 aliphatic carbocycles. The molecule has 0 spiro atoms. The van der Waals surface area contributed by atoms with Gasteiger partial charge in [0.25, 0.3) is 0 Å². The van der Waals surface area contributed by atoms with Crippen LogP contribution in [0, 0.1) is 5.92 Å². The van der Waals surface area contributed by atoms with Gasteiger partial charge in [-0.2, -0.15) is 0 Å². The van der Waals surface area contributed by atoms with E-state index in [4.69, 9.17) is 0 Å². The van der Waals surface area contributed by atoms with Gasteiger partial charge < -0.3 is 0 Å². The number of nitrogens with zero attached hydrogens (tertiary/aromatic N) is 3. The summed E-state index contributed by atoms with van der Waals surface area (Å²) in [4.78, 5) is 44.8. The first-order valence-corrected chi connectivity index (χ1v) is 11.4. The molecule has 8 heteroatoms. The number of urea groups is 1. The molecule has 1 saturated carbocycles. The molecule has 6 nitrogen and oxygen atoms in total. The molecule has 0 radical (unpaired) electrons. The van der Waals surface area contributed by atoms with Crippen molar-refractivity contribution in [3.8, 4) is 0 Å². The predicted octanol–water partition coefficient (Wildman–Crippen LogP) is 3.11. The van der Waals surface area contributed by atoms with Crippen LogP contribution in [0.3, 0.4) is 0 Å². The Balaban J connectivity index is 1.31. The third-order valence-corrected chi connectivity index (χ3v) is 7.74. The lowest BCUT2D eigenvalue weighted by Crippen LogP contribution is -2.46. The molecule has 3 aliphatic rings. The van der Waals surface area contributed by atoms with Gasteiger partial charge in [-0.25, -0.2) is 9.69 Å². The standard InChI is InChI=1S/C20H21N3O3S2/c24-18-19(25)23(20(26)22(18)9-5-14-2-1-10-27-14)12-21-8-6-16-15(7-11-28-16)17(21)13-3-4-13/h1-2,7,10-11,13,17H,3-6,8-9,12H2/t17-/m1/s1. The molecule has 0 aromatic carbocycles. The summed E-state index contributed by atoms with van der Waals surface area (Å²) in [5, 5.41) is 4.10. The summed E-state index contributed by atoms with van der Waals surface area (Å²) < 4.78 is 0. The molecule has 2 aromatic rings. The normalized spacial score (nSPS) is 23.0. The van der Waals surface area contributed by atoms with Crippen molar-refractivity contribution in [3.05, 3.63) is 44.3 Å². The van der Waals surface area contributed by atoms with Crippen LogP contribution in [0.4, 0.5) is 4.79 Å². The van der Waals surface area contributed by atoms with E-state index in [0.29, 0.717) is 12.3 Å². The minimum Gasteiger partial charge on any atom is -0.278 e. The molecule has 1 saturated heterocycles. The van der Waals surface area contributed by atoms with Crippen molar-refractivity contribution >= 4 is 40.5 Å². The van der Waals surface area contributed by atoms with Crippen LogP contribution in [0.15, 0.2) is 29.0 Å². The van der Waals surface area contributed by atoms with E-state index in [-0.39, 0.29) is 19.3 Å². The highest BCUT2D eigenvalue weighted by Crippen LogP contribution is 2.48. The molecule has 4 heterocycles. The fourth-order valence-corrected chi connectivity index (χ4v) is 5.86. The molecular formula is C20H21N3O3S2. The smallest absolute Gasteiger partial charge is 0.278 e. The van der Waals surface area contributed by atoms with Gasteiger partial charge in [-0.15, -0.1) is 22.7 Å². The van der Waals surface area contributed by atoms with Crippen LogP contribution in [-0.2, 0) is 22.4 Å². The average Bonchev–Trinajstić information content (AvgIpc) is 3.11. The van der Waals surface area contributed by atoms with Crippen molar-refractivity contribution in [1.82, 2.24) is 14.7 Å². The molecule has 0 N–H and O–H groups in total. The fourth-order valence-electron chi connectivity index (χ4n) is 4.25. The Labute approximate surface area is 171 Å². The second kappa shape index (κ2) is 7.09. The van der Waals surface area contributed by atoms with E-state index in [0.717, 1.165) is 27.6 Å². The van der Waals surface area contributed by atoms with Crippen molar-refractivity contribution in [2.24, 2.45) is 5.92 Å². The summed E-state index contributed by atoms with van der Waals surface area (Å²) in [5.41, 5.74) is 1.35. The van der Waals surface area contributed by atoms with Gasteiger partial charge in [0.05, 0.1) is 6.67 Å². The van der Waals surface area contributed by atoms with E-state index < -0.39 is 17.8 Å². The SMILES string of the molecule is O=C1C(=O)N(CN2CCc3sccc3[C@H]2C2CC2)C(=O)N1CCc1cccs1. The number of imide groups is 2. The largest absolute Gasteiger partial charge is 0.335 e. The second-order valence-corrected chi connectivity index (χ2v) is 9.62. The van der Waals surface area contributed by atoms with Crippen molar-refractivity contribution in [3.63, 3.8) is 0 Å². The number of hydrogen-bond acceptors (Lipinski definition) is 6. The molecule has 1 atom stereocenters. The predicted molar refractivity (Wildman–Crippen MR) is 107 cm³/mol. The first-order chi connectivity index (χ1) is 13.6. The van der Waals surface area contributed by atoms with Gasteiger partial charge in [0, 0.05) is 35.3 Å². The summed E-state index contributed by atoms with van der Waals surface area (Å²) >= 11 is 3.38. The van der Waals surface area contributed by atoms with Crippen molar-refractivity contribution in [2.45, 2.75) is 31.7 Å². The Morgan fingerprint density at radius 1 is 1.00 bits per heavy atom. The van der Waals surface area contributed by atoms with E-state index in [9.17, 15) is 14.4 Å². The quantitative estimate of drug-likeness (QED) is 0.537. The minimum atomic E-state index is -0.697. The highest BCUT2D eigenvalue weighted by atomic mass is 32.1. The van der Waals surface area contributed by atoms with E-state index in [1.807, 2.05) is 17.5 Å². The minimum absolute atomic E-state index is 0.204. The van der Waals surface area contributed by atoms with Crippen LogP contribution in [0.1, 0.15) is 34.2 Å². The number of hydrogen-bond donors (Lipinski definition) is 0. The zero-order chi connectivity index (χ0) is 19.3. The highest BCUT2D eigenvalue weighted by molar-refractivity contribution is 7.10. The maximum absolute atomic E-state index is 12.8. The van der Waals surface area contributed by atoms with Crippen LogP contribution in [0.2, 0.25) is 0 Å². The van der Waals surface area contributed by atoms with Gasteiger partial charge in [0.2, 0.25) is 0 Å². The summed E-state index contributed by atoms with van der Waals surface area (Å²) in [6.45, 7) is 1.27. The molecule has 2 aliphatic heterocycles. The third kappa shape index (κ3) is 3.09. The lowest BCUT2D eigenvalue weighted by atomic mass is 9.96. The van der Waals surface area contributed by atoms with Gasteiger partial charge in [-0.05, 0) is 53.6 Å². The second-order valence-electron chi connectivity index (χ2n) is 7.59. The van der Waals surface area contributed by atoms with Crippen LogP contribution in [-0.4, -0.2) is 52.3 Å². The van der Waals surface area contributed by atoms with Crippen LogP contribution in [0.25, 0.3) is 0 Å². The topological polar surface area (TPSA) is 60.9 Å². The number of rotatable bonds is 6. The number of carbonyl (C=O) groups excluding carboxylic acids is 3. The molecule has 2 fully saturated rings. The lowest BCUT2D eigenvalue weighted by molar-refractivity contribution is -0.144. The van der Waals surface area contributed by atoms with Gasteiger partial charge in [-0.3, -0.25) is 19.4 Å². The molecule has 0 unspecified atom stereocenters. The maximum atomic E-state index is 12.8. The summed E-state index contributed by atoms with van der Waals surface area (Å²) in [5.74, 6) is -0.799. The third-order valence-electron chi connectivity index (χ3n) is 5.81. The van der Waals surface area contributed by atoms with Crippen molar-refractivity contribution in [2.75, 3.05) is 19.8 Å². The van der Waals surface area contributed by atoms with Crippen molar-refractivity contribution in [1.29, 1.82) is 0 Å². The van der Waals surface area contributed by atoms with E-state index in [1.54, 1.807) is 22.7 Å². The van der Waals surface area contributed by atoms with E-state index in [2.05, 4.69) is 16.3 Å². The molecular weight excluding hydrogens is 394 g/mol. The van der Waals surface area contributed by atoms with Gasteiger partial charge in [0.15, 0.2) is 0 Å². The first kappa shape index (κ1) is 18.0. The van der Waals surface area contributed by atoms with E-state index >= 15 is 0 Å². The van der Waals surface area contributed by atoms with Crippen LogP contribution in [0.5, 0.6) is 0 Å². The fraction of sp³-hybridized carbons (Fsp3) is 0.450. The van der Waals surface area contributed by atoms with Crippen LogP contribution >= 0.6 is 22.7 Å². The zero-order valence-electron chi connectivity index (χ0n) is 15.4. The highest BCUT2D eigenvalue weighted by Gasteiger charge is 2.47. The summed E-state index contributed by atoms with van der Waals surface area (Å²) in [6, 6.07) is 5.88. The monoisotopic (exact) mass is 415 g/mol. The molecule has 5 rings (SSSR count). The zero-order valence-corrected chi connectivity index (χ0v) is 17.0. The Morgan fingerprint density at radius 2 is 1.82 bits per heavy atom. The Morgan fingerprint density at radius 3 is 2.57 bits per heavy atom. The van der Waals surface area contributed by atoms with E-state index in [1.165, 1.54) is 23.3 Å². The maximum Gasteiger partial charge on any atom is 0.335 e. The van der Waals surface area contributed by atoms with Gasteiger partial charge >= 0.3 is 17.8 Å².